The zero-order valence-electron chi connectivity index (χ0n) is 12.5. The number of nitrogens with zero attached hydrogens (tertiary/aromatic N) is 2. The third kappa shape index (κ3) is 3.94. The molecule has 2 unspecified atom stereocenters. The van der Waals surface area contributed by atoms with Gasteiger partial charge in [-0.1, -0.05) is 26.2 Å². The van der Waals surface area contributed by atoms with Crippen molar-refractivity contribution in [2.24, 2.45) is 5.92 Å². The van der Waals surface area contributed by atoms with Gasteiger partial charge in [-0.05, 0) is 39.2 Å². The highest BCUT2D eigenvalue weighted by molar-refractivity contribution is 4.92. The van der Waals surface area contributed by atoms with E-state index in [0.717, 1.165) is 19.6 Å². The zero-order chi connectivity index (χ0) is 13.7. The van der Waals surface area contributed by atoms with Crippen LogP contribution in [0.3, 0.4) is 0 Å². The minimum absolute atomic E-state index is 0.116. The maximum atomic E-state index is 8.93. The Morgan fingerprint density at radius 3 is 2.68 bits per heavy atom. The number of hydrogen-bond acceptors (Lipinski definition) is 3. The number of hydrogen-bond donors (Lipinski definition) is 0. The molecule has 0 aromatic rings. The quantitative estimate of drug-likeness (QED) is 0.764. The van der Waals surface area contributed by atoms with E-state index in [-0.39, 0.29) is 11.5 Å². The Labute approximate surface area is 117 Å². The molecule has 0 aromatic carbocycles. The lowest BCUT2D eigenvalue weighted by Gasteiger charge is -2.34. The first kappa shape index (κ1) is 14.8. The van der Waals surface area contributed by atoms with E-state index in [9.17, 15) is 0 Å². The zero-order valence-corrected chi connectivity index (χ0v) is 12.5. The molecule has 2 fully saturated rings. The first-order chi connectivity index (χ1) is 9.17. The Kier molecular flexibility index (Phi) is 5.24. The maximum absolute atomic E-state index is 8.93. The van der Waals surface area contributed by atoms with Crippen molar-refractivity contribution in [3.63, 3.8) is 0 Å². The first-order valence-electron chi connectivity index (χ1n) is 7.97. The highest BCUT2D eigenvalue weighted by Gasteiger charge is 2.40. The molecule has 2 rings (SSSR count). The van der Waals surface area contributed by atoms with Crippen molar-refractivity contribution >= 4 is 0 Å². The Bertz CT molecular complexity index is 317. The summed E-state index contributed by atoms with van der Waals surface area (Å²) in [6, 6.07) is 2.33. The summed E-state index contributed by atoms with van der Waals surface area (Å²) in [6.45, 7) is 7.07. The minimum atomic E-state index is 0.116. The second-order valence-electron chi connectivity index (χ2n) is 6.40. The average Bonchev–Trinajstić information content (AvgIpc) is 2.81. The van der Waals surface area contributed by atoms with Crippen molar-refractivity contribution in [1.82, 2.24) is 4.90 Å². The SMILES string of the molecule is CCN(CC(C)C#N)CC1CCC2(CCCCC2)O1. The molecule has 1 spiro atoms. The summed E-state index contributed by atoms with van der Waals surface area (Å²) in [6.07, 6.45) is 9.46. The molecule has 3 heteroatoms. The fourth-order valence-electron chi connectivity index (χ4n) is 3.64. The lowest BCUT2D eigenvalue weighted by molar-refractivity contribution is -0.0718. The average molecular weight is 264 g/mol. The van der Waals surface area contributed by atoms with Crippen LogP contribution in [-0.2, 0) is 4.74 Å². The highest BCUT2D eigenvalue weighted by atomic mass is 16.5. The molecule has 3 nitrogen and oxygen atoms in total. The molecular weight excluding hydrogens is 236 g/mol. The van der Waals surface area contributed by atoms with E-state index in [1.54, 1.807) is 0 Å². The highest BCUT2D eigenvalue weighted by Crippen LogP contribution is 2.41. The summed E-state index contributed by atoms with van der Waals surface area (Å²) in [4.78, 5) is 2.38. The van der Waals surface area contributed by atoms with Crippen molar-refractivity contribution in [1.29, 1.82) is 5.26 Å². The monoisotopic (exact) mass is 264 g/mol. The lowest BCUT2D eigenvalue weighted by Crippen LogP contribution is -2.38. The third-order valence-electron chi connectivity index (χ3n) is 4.76. The van der Waals surface area contributed by atoms with Crippen LogP contribution in [0.2, 0.25) is 0 Å². The molecular formula is C16H28N2O. The van der Waals surface area contributed by atoms with Crippen LogP contribution in [-0.4, -0.2) is 36.2 Å². The van der Waals surface area contributed by atoms with Gasteiger partial charge < -0.3 is 4.74 Å². The molecule has 0 bridgehead atoms. The molecule has 2 aliphatic rings. The standard InChI is InChI=1S/C16H28N2O/c1-3-18(12-14(2)11-17)13-15-7-10-16(19-15)8-5-4-6-9-16/h14-15H,3-10,12-13H2,1-2H3. The van der Waals surface area contributed by atoms with Crippen molar-refractivity contribution < 1.29 is 4.74 Å². The van der Waals surface area contributed by atoms with E-state index < -0.39 is 0 Å². The molecule has 0 amide bonds. The van der Waals surface area contributed by atoms with Gasteiger partial charge in [0.1, 0.15) is 0 Å². The topological polar surface area (TPSA) is 36.3 Å². The van der Waals surface area contributed by atoms with Crippen LogP contribution >= 0.6 is 0 Å². The molecule has 0 radical (unpaired) electrons. The third-order valence-corrected chi connectivity index (χ3v) is 4.76. The predicted octanol–water partition coefficient (Wildman–Crippen LogP) is 3.35. The van der Waals surface area contributed by atoms with E-state index in [4.69, 9.17) is 10.00 Å². The van der Waals surface area contributed by atoms with Crippen molar-refractivity contribution in [3.8, 4) is 6.07 Å². The smallest absolute Gasteiger partial charge is 0.0710 e. The van der Waals surface area contributed by atoms with Crippen molar-refractivity contribution in [3.05, 3.63) is 0 Å². The molecule has 1 heterocycles. The minimum Gasteiger partial charge on any atom is -0.370 e. The Balaban J connectivity index is 1.81. The number of ether oxygens (including phenoxy) is 1. The number of likely N-dealkylation sites (N-methyl/N-ethyl adjacent to an activating group) is 1. The van der Waals surface area contributed by atoms with E-state index >= 15 is 0 Å². The van der Waals surface area contributed by atoms with Gasteiger partial charge in [-0.2, -0.15) is 5.26 Å². The van der Waals surface area contributed by atoms with Gasteiger partial charge >= 0.3 is 0 Å². The van der Waals surface area contributed by atoms with Crippen LogP contribution in [0.25, 0.3) is 0 Å². The van der Waals surface area contributed by atoms with Gasteiger partial charge in [-0.3, -0.25) is 4.90 Å². The first-order valence-corrected chi connectivity index (χ1v) is 7.97. The second-order valence-corrected chi connectivity index (χ2v) is 6.40. The second kappa shape index (κ2) is 6.72. The van der Waals surface area contributed by atoms with Crippen LogP contribution in [0.1, 0.15) is 58.8 Å². The molecule has 0 N–H and O–H groups in total. The lowest BCUT2D eigenvalue weighted by atomic mass is 9.83. The predicted molar refractivity (Wildman–Crippen MR) is 76.8 cm³/mol. The van der Waals surface area contributed by atoms with Crippen LogP contribution in [0.15, 0.2) is 0 Å². The molecule has 2 atom stereocenters. The van der Waals surface area contributed by atoms with E-state index in [0.29, 0.717) is 6.10 Å². The number of rotatable bonds is 5. The van der Waals surface area contributed by atoms with Crippen LogP contribution in [0.5, 0.6) is 0 Å². The molecule has 0 aromatic heterocycles. The summed E-state index contributed by atoms with van der Waals surface area (Å²) in [5, 5.41) is 8.93. The normalized spacial score (nSPS) is 27.6. The van der Waals surface area contributed by atoms with Crippen LogP contribution in [0.4, 0.5) is 0 Å². The Morgan fingerprint density at radius 1 is 1.32 bits per heavy atom. The molecule has 1 saturated carbocycles. The van der Waals surface area contributed by atoms with Gasteiger partial charge in [0.05, 0.1) is 23.7 Å². The fourth-order valence-corrected chi connectivity index (χ4v) is 3.64. The van der Waals surface area contributed by atoms with Crippen molar-refractivity contribution in [2.75, 3.05) is 19.6 Å². The van der Waals surface area contributed by atoms with Gasteiger partial charge in [0, 0.05) is 13.1 Å². The Hall–Kier alpha value is -0.590. The van der Waals surface area contributed by atoms with E-state index in [1.165, 1.54) is 44.9 Å². The van der Waals surface area contributed by atoms with Gasteiger partial charge in [0.2, 0.25) is 0 Å². The van der Waals surface area contributed by atoms with Gasteiger partial charge in [0.15, 0.2) is 0 Å². The summed E-state index contributed by atoms with van der Waals surface area (Å²) in [7, 11) is 0. The summed E-state index contributed by atoms with van der Waals surface area (Å²) in [5.74, 6) is 0.116. The van der Waals surface area contributed by atoms with E-state index in [1.807, 2.05) is 6.92 Å². The maximum Gasteiger partial charge on any atom is 0.0710 e. The molecule has 19 heavy (non-hydrogen) atoms. The molecule has 108 valence electrons. The fraction of sp³-hybridized carbons (Fsp3) is 0.938. The van der Waals surface area contributed by atoms with Crippen LogP contribution < -0.4 is 0 Å². The molecule has 1 aliphatic heterocycles. The molecule has 1 aliphatic carbocycles. The van der Waals surface area contributed by atoms with Gasteiger partial charge in [-0.15, -0.1) is 0 Å². The number of nitriles is 1. The summed E-state index contributed by atoms with van der Waals surface area (Å²) in [5.41, 5.74) is 0.225. The van der Waals surface area contributed by atoms with Gasteiger partial charge in [0.25, 0.3) is 0 Å². The van der Waals surface area contributed by atoms with Crippen LogP contribution in [0, 0.1) is 17.2 Å². The summed E-state index contributed by atoms with van der Waals surface area (Å²) < 4.78 is 6.41. The largest absolute Gasteiger partial charge is 0.370 e. The Morgan fingerprint density at radius 2 is 2.05 bits per heavy atom. The van der Waals surface area contributed by atoms with Gasteiger partial charge in [-0.25, -0.2) is 0 Å². The van der Waals surface area contributed by atoms with E-state index in [2.05, 4.69) is 17.9 Å². The van der Waals surface area contributed by atoms with Crippen molar-refractivity contribution in [2.45, 2.75) is 70.5 Å². The molecule has 1 saturated heterocycles. The summed E-state index contributed by atoms with van der Waals surface area (Å²) >= 11 is 0.